The number of benzene rings is 1. The second kappa shape index (κ2) is 7.55. The lowest BCUT2D eigenvalue weighted by atomic mass is 9.86. The molecular weight excluding hydrogens is 372 g/mol. The lowest BCUT2D eigenvalue weighted by Gasteiger charge is -2.29. The van der Waals surface area contributed by atoms with E-state index in [2.05, 4.69) is 22.3 Å². The predicted octanol–water partition coefficient (Wildman–Crippen LogP) is 5.00. The monoisotopic (exact) mass is 396 g/mol. The molecule has 1 aromatic carbocycles. The number of carbonyl (C=O) groups excluding carboxylic acids is 1. The van der Waals surface area contributed by atoms with Crippen LogP contribution < -0.4 is 5.32 Å². The number of fused-ring (bicyclic) bond motifs is 1. The zero-order valence-electron chi connectivity index (χ0n) is 16.5. The van der Waals surface area contributed by atoms with Gasteiger partial charge in [-0.25, -0.2) is 9.67 Å². The Morgan fingerprint density at radius 2 is 1.89 bits per heavy atom. The fourth-order valence-corrected chi connectivity index (χ4v) is 4.37. The summed E-state index contributed by atoms with van der Waals surface area (Å²) in [6, 6.07) is 8.27. The second-order valence-corrected chi connectivity index (χ2v) is 8.24. The Hall–Kier alpha value is -2.40. The van der Waals surface area contributed by atoms with Crippen molar-refractivity contribution in [2.75, 3.05) is 0 Å². The van der Waals surface area contributed by atoms with Crippen LogP contribution in [-0.2, 0) is 0 Å². The van der Waals surface area contributed by atoms with E-state index < -0.39 is 0 Å². The number of rotatable bonds is 3. The standard InChI is InChI=1S/C22H25ClN4O/c1-13-8-10-16(11-9-13)27-21-19(15(3)26-27)20(23)17(12-24-21)22(28)25-18-7-5-4-6-14(18)2/h8-12,14,18H,4-7H2,1-3H3,(H,25,28)/t14-,18-/m0/s1. The molecule has 4 rings (SSSR count). The van der Waals surface area contributed by atoms with Crippen LogP contribution in [-0.4, -0.2) is 26.7 Å². The third-order valence-electron chi connectivity index (χ3n) is 5.76. The van der Waals surface area contributed by atoms with Gasteiger partial charge >= 0.3 is 0 Å². The van der Waals surface area contributed by atoms with Gasteiger partial charge in [-0.1, -0.05) is 49.1 Å². The maximum absolute atomic E-state index is 12.9. The summed E-state index contributed by atoms with van der Waals surface area (Å²) in [5, 5.41) is 8.93. The zero-order chi connectivity index (χ0) is 19.8. The lowest BCUT2D eigenvalue weighted by molar-refractivity contribution is 0.0910. The van der Waals surface area contributed by atoms with Crippen molar-refractivity contribution < 1.29 is 4.79 Å². The minimum Gasteiger partial charge on any atom is -0.349 e. The fourth-order valence-electron chi connectivity index (χ4n) is 4.01. The Balaban J connectivity index is 1.70. The molecule has 1 N–H and O–H groups in total. The third-order valence-corrected chi connectivity index (χ3v) is 6.15. The molecule has 0 spiro atoms. The largest absolute Gasteiger partial charge is 0.349 e. The van der Waals surface area contributed by atoms with Gasteiger partial charge in [0, 0.05) is 12.2 Å². The summed E-state index contributed by atoms with van der Waals surface area (Å²) in [7, 11) is 0. The molecule has 0 bridgehead atoms. The van der Waals surface area contributed by atoms with E-state index in [4.69, 9.17) is 11.6 Å². The number of hydrogen-bond donors (Lipinski definition) is 1. The Morgan fingerprint density at radius 1 is 1.18 bits per heavy atom. The first-order chi connectivity index (χ1) is 13.5. The summed E-state index contributed by atoms with van der Waals surface area (Å²) in [5.74, 6) is 0.333. The van der Waals surface area contributed by atoms with Crippen LogP contribution in [0.3, 0.4) is 0 Å². The number of hydrogen-bond acceptors (Lipinski definition) is 3. The highest BCUT2D eigenvalue weighted by Crippen LogP contribution is 2.31. The Morgan fingerprint density at radius 3 is 2.61 bits per heavy atom. The molecule has 5 nitrogen and oxygen atoms in total. The molecule has 1 aliphatic rings. The molecule has 28 heavy (non-hydrogen) atoms. The molecule has 6 heteroatoms. The molecule has 2 heterocycles. The maximum Gasteiger partial charge on any atom is 0.254 e. The second-order valence-electron chi connectivity index (χ2n) is 7.86. The number of aryl methyl sites for hydroxylation is 2. The minimum atomic E-state index is -0.152. The van der Waals surface area contributed by atoms with Gasteiger partial charge in [0.2, 0.25) is 0 Å². The Labute approximate surface area is 170 Å². The third kappa shape index (κ3) is 3.39. The van der Waals surface area contributed by atoms with E-state index >= 15 is 0 Å². The van der Waals surface area contributed by atoms with Crippen molar-refractivity contribution in [3.63, 3.8) is 0 Å². The van der Waals surface area contributed by atoms with Crippen LogP contribution in [0.5, 0.6) is 0 Å². The highest BCUT2D eigenvalue weighted by atomic mass is 35.5. The van der Waals surface area contributed by atoms with Crippen LogP contribution in [0.2, 0.25) is 5.02 Å². The highest BCUT2D eigenvalue weighted by Gasteiger charge is 2.25. The average Bonchev–Trinajstić information content (AvgIpc) is 3.02. The number of amides is 1. The Kier molecular flexibility index (Phi) is 5.11. The van der Waals surface area contributed by atoms with E-state index in [1.807, 2.05) is 38.1 Å². The van der Waals surface area contributed by atoms with E-state index in [0.29, 0.717) is 22.2 Å². The van der Waals surface area contributed by atoms with Crippen molar-refractivity contribution in [3.8, 4) is 5.69 Å². The van der Waals surface area contributed by atoms with Crippen LogP contribution in [0.25, 0.3) is 16.7 Å². The van der Waals surface area contributed by atoms with Crippen molar-refractivity contribution in [1.82, 2.24) is 20.1 Å². The van der Waals surface area contributed by atoms with Crippen molar-refractivity contribution in [3.05, 3.63) is 52.3 Å². The average molecular weight is 397 g/mol. The molecule has 2 aromatic heterocycles. The van der Waals surface area contributed by atoms with Crippen LogP contribution in [0.4, 0.5) is 0 Å². The smallest absolute Gasteiger partial charge is 0.254 e. The molecule has 0 saturated heterocycles. The predicted molar refractivity (Wildman–Crippen MR) is 112 cm³/mol. The highest BCUT2D eigenvalue weighted by molar-refractivity contribution is 6.38. The summed E-state index contributed by atoms with van der Waals surface area (Å²) in [6.07, 6.45) is 6.13. The normalized spacial score (nSPS) is 19.7. The van der Waals surface area contributed by atoms with E-state index in [0.717, 1.165) is 36.0 Å². The molecular formula is C22H25ClN4O. The number of pyridine rings is 1. The van der Waals surface area contributed by atoms with E-state index in [1.165, 1.54) is 12.0 Å². The van der Waals surface area contributed by atoms with Crippen LogP contribution in [0, 0.1) is 19.8 Å². The van der Waals surface area contributed by atoms with Crippen LogP contribution in [0.1, 0.15) is 54.2 Å². The van der Waals surface area contributed by atoms with Gasteiger partial charge in [-0.05, 0) is 44.7 Å². The molecule has 0 radical (unpaired) electrons. The van der Waals surface area contributed by atoms with Crippen LogP contribution in [0.15, 0.2) is 30.5 Å². The van der Waals surface area contributed by atoms with Crippen molar-refractivity contribution >= 4 is 28.5 Å². The minimum absolute atomic E-state index is 0.152. The van der Waals surface area contributed by atoms with Gasteiger partial charge in [-0.3, -0.25) is 4.79 Å². The molecule has 1 saturated carbocycles. The topological polar surface area (TPSA) is 59.8 Å². The fraction of sp³-hybridized carbons (Fsp3) is 0.409. The maximum atomic E-state index is 12.9. The van der Waals surface area contributed by atoms with Crippen LogP contribution >= 0.6 is 11.6 Å². The number of carbonyl (C=O) groups is 1. The number of nitrogens with zero attached hydrogens (tertiary/aromatic N) is 3. The van der Waals surface area contributed by atoms with Gasteiger partial charge in [-0.2, -0.15) is 5.10 Å². The van der Waals surface area contributed by atoms with Gasteiger partial charge in [0.15, 0.2) is 5.65 Å². The molecule has 1 amide bonds. The zero-order valence-corrected chi connectivity index (χ0v) is 17.3. The van der Waals surface area contributed by atoms with Gasteiger partial charge in [0.25, 0.3) is 5.91 Å². The van der Waals surface area contributed by atoms with Gasteiger partial charge in [0.05, 0.1) is 27.4 Å². The van der Waals surface area contributed by atoms with E-state index in [1.54, 1.807) is 10.9 Å². The number of aromatic nitrogens is 3. The summed E-state index contributed by atoms with van der Waals surface area (Å²) in [6.45, 7) is 6.14. The summed E-state index contributed by atoms with van der Waals surface area (Å²) in [5.41, 5.74) is 3.93. The lowest BCUT2D eigenvalue weighted by Crippen LogP contribution is -2.41. The SMILES string of the molecule is Cc1ccc(-n2nc(C)c3c(Cl)c(C(=O)N[C@H]4CCCC[C@@H]4C)cnc32)cc1. The molecule has 0 unspecified atom stereocenters. The molecule has 1 fully saturated rings. The van der Waals surface area contributed by atoms with E-state index in [9.17, 15) is 4.79 Å². The van der Waals surface area contributed by atoms with Crippen molar-refractivity contribution in [2.45, 2.75) is 52.5 Å². The molecule has 0 aliphatic heterocycles. The molecule has 3 aromatic rings. The van der Waals surface area contributed by atoms with Gasteiger partial charge in [-0.15, -0.1) is 0 Å². The van der Waals surface area contributed by atoms with E-state index in [-0.39, 0.29) is 11.9 Å². The number of nitrogens with one attached hydrogen (secondary N) is 1. The Bertz CT molecular complexity index is 1030. The summed E-state index contributed by atoms with van der Waals surface area (Å²) < 4.78 is 1.78. The van der Waals surface area contributed by atoms with Gasteiger partial charge < -0.3 is 5.32 Å². The first-order valence-electron chi connectivity index (χ1n) is 9.87. The molecule has 146 valence electrons. The van der Waals surface area contributed by atoms with Gasteiger partial charge in [0.1, 0.15) is 0 Å². The van der Waals surface area contributed by atoms with Crippen molar-refractivity contribution in [2.24, 2.45) is 5.92 Å². The molecule has 2 atom stereocenters. The molecule has 1 aliphatic carbocycles. The number of halogens is 1. The first kappa shape index (κ1) is 18.9. The summed E-state index contributed by atoms with van der Waals surface area (Å²) in [4.78, 5) is 17.4. The first-order valence-corrected chi connectivity index (χ1v) is 10.2. The van der Waals surface area contributed by atoms with Crippen molar-refractivity contribution in [1.29, 1.82) is 0 Å². The summed E-state index contributed by atoms with van der Waals surface area (Å²) >= 11 is 6.67. The quantitative estimate of drug-likeness (QED) is 0.677.